The number of hydrogen-bond acceptors (Lipinski definition) is 4. The molecule has 3 aliphatic rings. The van der Waals surface area contributed by atoms with Gasteiger partial charge in [0.25, 0.3) is 0 Å². The molecule has 120 valence electrons. The summed E-state index contributed by atoms with van der Waals surface area (Å²) in [5, 5.41) is 2.33. The van der Waals surface area contributed by atoms with Crippen molar-refractivity contribution < 1.29 is 23.1 Å². The van der Waals surface area contributed by atoms with Crippen LogP contribution in [-0.4, -0.2) is 56.8 Å². The SMILES string of the molecule is c1ccc2c(OC[C@H]3C[N+]45CCO[B-]4(OCC5)O3)cccc2c1. The molecule has 0 aromatic heterocycles. The predicted molar refractivity (Wildman–Crippen MR) is 86.8 cm³/mol. The first-order valence-corrected chi connectivity index (χ1v) is 8.36. The van der Waals surface area contributed by atoms with Crippen LogP contribution < -0.4 is 4.74 Å². The lowest BCUT2D eigenvalue weighted by atomic mass is 9.94. The molecule has 2 aromatic rings. The number of quaternary nitrogens is 1. The number of ether oxygens (including phenoxy) is 1. The maximum Gasteiger partial charge on any atom is 0.625 e. The van der Waals surface area contributed by atoms with Crippen molar-refractivity contribution in [3.05, 3.63) is 42.5 Å². The summed E-state index contributed by atoms with van der Waals surface area (Å²) in [6.45, 7) is 3.31. The maximum atomic E-state index is 6.19. The molecular formula is C17H20BNO4. The second-order valence-corrected chi connectivity index (χ2v) is 6.74. The van der Waals surface area contributed by atoms with Crippen molar-refractivity contribution in [3.8, 4) is 5.75 Å². The Balaban J connectivity index is 1.34. The van der Waals surface area contributed by atoms with Crippen LogP contribution in [0, 0.1) is 0 Å². The van der Waals surface area contributed by atoms with Crippen LogP contribution in [0.15, 0.2) is 42.5 Å². The van der Waals surface area contributed by atoms with Crippen LogP contribution in [0.25, 0.3) is 10.8 Å². The lowest BCUT2D eigenvalue weighted by Gasteiger charge is -2.37. The van der Waals surface area contributed by atoms with E-state index in [0.29, 0.717) is 6.61 Å². The zero-order valence-electron chi connectivity index (χ0n) is 13.0. The molecule has 0 unspecified atom stereocenters. The van der Waals surface area contributed by atoms with Gasteiger partial charge in [0.1, 0.15) is 18.5 Å². The molecule has 6 heteroatoms. The summed E-state index contributed by atoms with van der Waals surface area (Å²) in [5.41, 5.74) is 0. The summed E-state index contributed by atoms with van der Waals surface area (Å²) in [5.74, 6) is 0.908. The molecule has 0 N–H and O–H groups in total. The second-order valence-electron chi connectivity index (χ2n) is 6.74. The van der Waals surface area contributed by atoms with E-state index >= 15 is 0 Å². The predicted octanol–water partition coefficient (Wildman–Crippen LogP) is 1.93. The third-order valence-corrected chi connectivity index (χ3v) is 5.51. The molecule has 1 atom stereocenters. The number of nitrogens with zero attached hydrogens (tertiary/aromatic N) is 1. The molecule has 3 saturated heterocycles. The van der Waals surface area contributed by atoms with Crippen molar-refractivity contribution in [1.82, 2.24) is 0 Å². The topological polar surface area (TPSA) is 36.9 Å². The molecule has 0 radical (unpaired) electrons. The van der Waals surface area contributed by atoms with E-state index in [4.69, 9.17) is 18.7 Å². The van der Waals surface area contributed by atoms with Gasteiger partial charge >= 0.3 is 6.89 Å². The fraction of sp³-hybridized carbons (Fsp3) is 0.412. The molecule has 0 amide bonds. The zero-order chi connectivity index (χ0) is 15.3. The average Bonchev–Trinajstić information content (AvgIpc) is 3.14. The first kappa shape index (κ1) is 13.8. The fourth-order valence-corrected chi connectivity index (χ4v) is 4.37. The van der Waals surface area contributed by atoms with Crippen molar-refractivity contribution in [2.24, 2.45) is 0 Å². The first-order chi connectivity index (χ1) is 11.3. The van der Waals surface area contributed by atoms with Gasteiger partial charge in [0.05, 0.1) is 32.8 Å². The van der Waals surface area contributed by atoms with Crippen LogP contribution >= 0.6 is 0 Å². The monoisotopic (exact) mass is 313 g/mol. The summed E-state index contributed by atoms with van der Waals surface area (Å²) < 4.78 is 24.8. The number of hydrogen-bond donors (Lipinski definition) is 0. The Morgan fingerprint density at radius 3 is 2.65 bits per heavy atom. The average molecular weight is 313 g/mol. The quantitative estimate of drug-likeness (QED) is 0.812. The van der Waals surface area contributed by atoms with Gasteiger partial charge in [0.2, 0.25) is 0 Å². The van der Waals surface area contributed by atoms with Gasteiger partial charge < -0.3 is 23.1 Å². The largest absolute Gasteiger partial charge is 0.625 e. The van der Waals surface area contributed by atoms with Gasteiger partial charge in [-0.2, -0.15) is 0 Å². The number of fused-ring (bicyclic) bond motifs is 1. The zero-order valence-corrected chi connectivity index (χ0v) is 13.0. The normalized spacial score (nSPS) is 35.4. The van der Waals surface area contributed by atoms with E-state index in [2.05, 4.69) is 18.2 Å². The van der Waals surface area contributed by atoms with Crippen molar-refractivity contribution >= 4 is 17.7 Å². The standard InChI is InChI=1S/C17H20BNO4/c1-2-6-16-14(4-1)5-3-7-17(16)20-13-15-12-19-8-10-21-18(19,23-15)22-11-9-19/h1-7,15H,8-13H2/t15-,18?,19?/m1/s1. The summed E-state index contributed by atoms with van der Waals surface area (Å²) in [6.07, 6.45) is 0.0227. The summed E-state index contributed by atoms with van der Waals surface area (Å²) in [4.78, 5) is 0. The van der Waals surface area contributed by atoms with Crippen LogP contribution in [0.4, 0.5) is 0 Å². The molecule has 23 heavy (non-hydrogen) atoms. The molecule has 2 aromatic carbocycles. The van der Waals surface area contributed by atoms with E-state index in [1.807, 2.05) is 24.3 Å². The third kappa shape index (κ3) is 1.96. The van der Waals surface area contributed by atoms with E-state index in [1.54, 1.807) is 0 Å². The van der Waals surface area contributed by atoms with Gasteiger partial charge in [0, 0.05) is 5.39 Å². The lowest BCUT2D eigenvalue weighted by Crippen LogP contribution is -2.59. The molecule has 3 aliphatic heterocycles. The lowest BCUT2D eigenvalue weighted by molar-refractivity contribution is -0.816. The van der Waals surface area contributed by atoms with Crippen LogP contribution in [0.1, 0.15) is 0 Å². The van der Waals surface area contributed by atoms with E-state index < -0.39 is 6.89 Å². The van der Waals surface area contributed by atoms with Gasteiger partial charge in [0.15, 0.2) is 0 Å². The number of benzene rings is 2. The molecule has 0 saturated carbocycles. The highest BCUT2D eigenvalue weighted by molar-refractivity contribution is 6.54. The number of rotatable bonds is 3. The molecule has 5 rings (SSSR count). The maximum absolute atomic E-state index is 6.19. The molecule has 3 heterocycles. The Bertz CT molecular complexity index is 717. The van der Waals surface area contributed by atoms with Crippen molar-refractivity contribution in [2.45, 2.75) is 6.10 Å². The van der Waals surface area contributed by atoms with Gasteiger partial charge in [-0.05, 0) is 11.5 Å². The van der Waals surface area contributed by atoms with Crippen LogP contribution in [0.2, 0.25) is 0 Å². The summed E-state index contributed by atoms with van der Waals surface area (Å²) in [6, 6.07) is 14.4. The molecular weight excluding hydrogens is 293 g/mol. The molecule has 0 bridgehead atoms. The Morgan fingerprint density at radius 1 is 1.04 bits per heavy atom. The van der Waals surface area contributed by atoms with Gasteiger partial charge in [-0.1, -0.05) is 36.4 Å². The van der Waals surface area contributed by atoms with Gasteiger partial charge in [-0.3, -0.25) is 0 Å². The van der Waals surface area contributed by atoms with Crippen molar-refractivity contribution in [2.75, 3.05) is 39.5 Å². The van der Waals surface area contributed by atoms with Crippen molar-refractivity contribution in [3.63, 3.8) is 0 Å². The highest BCUT2D eigenvalue weighted by Crippen LogP contribution is 2.41. The van der Waals surface area contributed by atoms with E-state index in [9.17, 15) is 0 Å². The Hall–Kier alpha value is -1.60. The second kappa shape index (κ2) is 4.95. The van der Waals surface area contributed by atoms with E-state index in [1.165, 1.54) is 5.39 Å². The smallest absolute Gasteiger partial charge is 0.490 e. The van der Waals surface area contributed by atoms with Gasteiger partial charge in [-0.15, -0.1) is 0 Å². The summed E-state index contributed by atoms with van der Waals surface area (Å²) >= 11 is 0. The molecule has 0 spiro atoms. The molecule has 5 nitrogen and oxygen atoms in total. The Kier molecular flexibility index (Phi) is 2.97. The first-order valence-electron chi connectivity index (χ1n) is 8.36. The van der Waals surface area contributed by atoms with E-state index in [0.717, 1.165) is 48.4 Å². The van der Waals surface area contributed by atoms with Crippen LogP contribution in [-0.2, 0) is 14.0 Å². The highest BCUT2D eigenvalue weighted by atomic mass is 16.8. The van der Waals surface area contributed by atoms with Crippen molar-refractivity contribution in [1.29, 1.82) is 0 Å². The Morgan fingerprint density at radius 2 is 1.83 bits per heavy atom. The fourth-order valence-electron chi connectivity index (χ4n) is 4.37. The minimum Gasteiger partial charge on any atom is -0.490 e. The summed E-state index contributed by atoms with van der Waals surface area (Å²) in [7, 11) is 0. The van der Waals surface area contributed by atoms with Gasteiger partial charge in [-0.25, -0.2) is 0 Å². The van der Waals surface area contributed by atoms with Crippen LogP contribution in [0.3, 0.4) is 0 Å². The molecule has 0 aliphatic carbocycles. The molecule has 3 fully saturated rings. The van der Waals surface area contributed by atoms with Crippen LogP contribution in [0.5, 0.6) is 5.75 Å². The minimum absolute atomic E-state index is 0.0227. The highest BCUT2D eigenvalue weighted by Gasteiger charge is 2.66. The van der Waals surface area contributed by atoms with E-state index in [-0.39, 0.29) is 6.10 Å². The Labute approximate surface area is 135 Å². The minimum atomic E-state index is -1.59. The third-order valence-electron chi connectivity index (χ3n) is 5.51.